The molecule has 0 aliphatic rings. The number of allylic oxidation sites excluding steroid dienone is 1. The van der Waals surface area contributed by atoms with Gasteiger partial charge in [0.2, 0.25) is 0 Å². The van der Waals surface area contributed by atoms with E-state index in [2.05, 4.69) is 24.6 Å². The smallest absolute Gasteiger partial charge is 0.0662 e. The molecule has 0 saturated heterocycles. The van der Waals surface area contributed by atoms with Crippen molar-refractivity contribution >= 4 is 6.08 Å². The molecular formula is C11H14N2. The van der Waals surface area contributed by atoms with E-state index in [1.54, 1.807) is 12.3 Å². The maximum atomic E-state index is 5.42. The lowest BCUT2D eigenvalue weighted by atomic mass is 10.1. The van der Waals surface area contributed by atoms with Gasteiger partial charge in [-0.2, -0.15) is 0 Å². The third-order valence-electron chi connectivity index (χ3n) is 1.76. The fraction of sp³-hybridized carbons (Fsp3) is 0.182. The Labute approximate surface area is 78.8 Å². The molecule has 0 radical (unpaired) electrons. The predicted octanol–water partition coefficient (Wildman–Crippen LogP) is 2.13. The lowest BCUT2D eigenvalue weighted by molar-refractivity contribution is 1.09. The summed E-state index contributed by atoms with van der Waals surface area (Å²) in [6.45, 7) is 5.69. The van der Waals surface area contributed by atoms with Gasteiger partial charge in [0.1, 0.15) is 0 Å². The number of hydrogen-bond donors (Lipinski definition) is 1. The van der Waals surface area contributed by atoms with Gasteiger partial charge in [-0.25, -0.2) is 0 Å². The highest BCUT2D eigenvalue weighted by Crippen LogP contribution is 2.08. The summed E-state index contributed by atoms with van der Waals surface area (Å²) in [7, 11) is 0. The van der Waals surface area contributed by atoms with Crippen molar-refractivity contribution in [1.29, 1.82) is 0 Å². The molecule has 2 nitrogen and oxygen atoms in total. The fourth-order valence-corrected chi connectivity index (χ4v) is 1.09. The minimum absolute atomic E-state index is 0.549. The third kappa shape index (κ3) is 2.75. The Morgan fingerprint density at radius 3 is 3.08 bits per heavy atom. The van der Waals surface area contributed by atoms with E-state index in [4.69, 9.17) is 5.73 Å². The van der Waals surface area contributed by atoms with Crippen LogP contribution >= 0.6 is 0 Å². The summed E-state index contributed by atoms with van der Waals surface area (Å²) in [4.78, 5) is 4.24. The minimum Gasteiger partial charge on any atom is -0.399 e. The van der Waals surface area contributed by atoms with Crippen LogP contribution < -0.4 is 5.73 Å². The van der Waals surface area contributed by atoms with Gasteiger partial charge in [0.15, 0.2) is 0 Å². The van der Waals surface area contributed by atoms with Crippen LogP contribution in [0.2, 0.25) is 0 Å². The zero-order valence-corrected chi connectivity index (χ0v) is 7.83. The van der Waals surface area contributed by atoms with Crippen LogP contribution in [-0.2, 0) is 6.42 Å². The van der Waals surface area contributed by atoms with Crippen molar-refractivity contribution in [3.8, 4) is 0 Å². The van der Waals surface area contributed by atoms with Crippen LogP contribution in [0.5, 0.6) is 0 Å². The Hall–Kier alpha value is -1.57. The molecule has 0 atom stereocenters. The number of nitrogens with two attached hydrogens (primary N) is 1. The second kappa shape index (κ2) is 4.45. The highest BCUT2D eigenvalue weighted by atomic mass is 14.7. The molecule has 0 fully saturated rings. The van der Waals surface area contributed by atoms with E-state index in [0.717, 1.165) is 12.1 Å². The minimum atomic E-state index is 0.549. The summed E-state index contributed by atoms with van der Waals surface area (Å²) < 4.78 is 0. The second-order valence-corrected chi connectivity index (χ2v) is 2.81. The molecule has 2 heteroatoms. The molecule has 0 aliphatic carbocycles. The van der Waals surface area contributed by atoms with E-state index >= 15 is 0 Å². The van der Waals surface area contributed by atoms with E-state index in [9.17, 15) is 0 Å². The highest BCUT2D eigenvalue weighted by molar-refractivity contribution is 5.51. The molecule has 1 heterocycles. The predicted molar refractivity (Wildman–Crippen MR) is 56.0 cm³/mol. The lowest BCUT2D eigenvalue weighted by Gasteiger charge is -2.00. The molecule has 1 aromatic rings. The Morgan fingerprint density at radius 2 is 2.46 bits per heavy atom. The number of aromatic nitrogens is 1. The van der Waals surface area contributed by atoms with Crippen molar-refractivity contribution in [2.75, 3.05) is 0 Å². The average Bonchev–Trinajstić information content (AvgIpc) is 2.15. The number of pyridine rings is 1. The van der Waals surface area contributed by atoms with Gasteiger partial charge >= 0.3 is 0 Å². The molecule has 2 N–H and O–H groups in total. The molecular weight excluding hydrogens is 160 g/mol. The highest BCUT2D eigenvalue weighted by Gasteiger charge is 1.95. The standard InChI is InChI=1S/C11H14N2/c1-3-10-5-4-8-13-11(10)7-6-9(2)12/h4-8H,2-3,12H2,1H3/b7-6-. The van der Waals surface area contributed by atoms with Crippen LogP contribution in [0.4, 0.5) is 0 Å². The summed E-state index contributed by atoms with van der Waals surface area (Å²) >= 11 is 0. The van der Waals surface area contributed by atoms with Gasteiger partial charge in [-0.15, -0.1) is 0 Å². The van der Waals surface area contributed by atoms with E-state index in [1.165, 1.54) is 5.56 Å². The molecule has 13 heavy (non-hydrogen) atoms. The van der Waals surface area contributed by atoms with Crippen molar-refractivity contribution in [1.82, 2.24) is 4.98 Å². The van der Waals surface area contributed by atoms with Crippen molar-refractivity contribution < 1.29 is 0 Å². The van der Waals surface area contributed by atoms with E-state index in [-0.39, 0.29) is 0 Å². The molecule has 68 valence electrons. The first-order valence-corrected chi connectivity index (χ1v) is 4.30. The van der Waals surface area contributed by atoms with Crippen LogP contribution in [0, 0.1) is 0 Å². The Bertz CT molecular complexity index is 327. The monoisotopic (exact) mass is 174 g/mol. The molecule has 0 amide bonds. The molecule has 0 bridgehead atoms. The molecule has 1 aromatic heterocycles. The van der Waals surface area contributed by atoms with Crippen molar-refractivity contribution in [3.63, 3.8) is 0 Å². The van der Waals surface area contributed by atoms with Gasteiger partial charge in [-0.3, -0.25) is 4.98 Å². The maximum absolute atomic E-state index is 5.42. The average molecular weight is 174 g/mol. The van der Waals surface area contributed by atoms with Crippen molar-refractivity contribution in [3.05, 3.63) is 47.9 Å². The fourth-order valence-electron chi connectivity index (χ4n) is 1.09. The molecule has 1 rings (SSSR count). The van der Waals surface area contributed by atoms with Crippen LogP contribution in [0.25, 0.3) is 6.08 Å². The Kier molecular flexibility index (Phi) is 3.26. The topological polar surface area (TPSA) is 38.9 Å². The van der Waals surface area contributed by atoms with Crippen LogP contribution in [-0.4, -0.2) is 4.98 Å². The first-order chi connectivity index (χ1) is 6.24. The van der Waals surface area contributed by atoms with E-state index in [1.807, 2.05) is 12.1 Å². The largest absolute Gasteiger partial charge is 0.399 e. The summed E-state index contributed by atoms with van der Waals surface area (Å²) in [6.07, 6.45) is 6.41. The summed E-state index contributed by atoms with van der Waals surface area (Å²) in [5, 5.41) is 0. The van der Waals surface area contributed by atoms with Gasteiger partial charge in [0.05, 0.1) is 5.69 Å². The second-order valence-electron chi connectivity index (χ2n) is 2.81. The Balaban J connectivity index is 2.93. The van der Waals surface area contributed by atoms with Gasteiger partial charge in [-0.1, -0.05) is 19.6 Å². The van der Waals surface area contributed by atoms with E-state index in [0.29, 0.717) is 5.70 Å². The van der Waals surface area contributed by atoms with Crippen LogP contribution in [0.15, 0.2) is 36.7 Å². The first-order valence-electron chi connectivity index (χ1n) is 4.30. The molecule has 0 aliphatic heterocycles. The summed E-state index contributed by atoms with van der Waals surface area (Å²) in [6, 6.07) is 4.00. The Morgan fingerprint density at radius 1 is 1.69 bits per heavy atom. The molecule has 0 unspecified atom stereocenters. The van der Waals surface area contributed by atoms with Crippen molar-refractivity contribution in [2.24, 2.45) is 5.73 Å². The SMILES string of the molecule is C=C(N)/C=C\c1ncccc1CC. The van der Waals surface area contributed by atoms with Gasteiger partial charge in [0.25, 0.3) is 0 Å². The normalized spacial score (nSPS) is 10.5. The number of aryl methyl sites for hydroxylation is 1. The zero-order valence-electron chi connectivity index (χ0n) is 7.83. The number of nitrogens with zero attached hydrogens (tertiary/aromatic N) is 1. The number of rotatable bonds is 3. The summed E-state index contributed by atoms with van der Waals surface area (Å²) in [5.41, 5.74) is 8.16. The van der Waals surface area contributed by atoms with Gasteiger partial charge in [0, 0.05) is 11.9 Å². The molecule has 0 aromatic carbocycles. The molecule has 0 spiro atoms. The van der Waals surface area contributed by atoms with Crippen LogP contribution in [0.3, 0.4) is 0 Å². The van der Waals surface area contributed by atoms with E-state index < -0.39 is 0 Å². The molecule has 0 saturated carbocycles. The van der Waals surface area contributed by atoms with Crippen molar-refractivity contribution in [2.45, 2.75) is 13.3 Å². The van der Waals surface area contributed by atoms with Gasteiger partial charge in [-0.05, 0) is 30.2 Å². The number of hydrogen-bond acceptors (Lipinski definition) is 2. The van der Waals surface area contributed by atoms with Crippen LogP contribution in [0.1, 0.15) is 18.2 Å². The van der Waals surface area contributed by atoms with Gasteiger partial charge < -0.3 is 5.73 Å². The third-order valence-corrected chi connectivity index (χ3v) is 1.76. The lowest BCUT2D eigenvalue weighted by Crippen LogP contribution is -1.92. The zero-order chi connectivity index (χ0) is 9.68. The summed E-state index contributed by atoms with van der Waals surface area (Å²) in [5.74, 6) is 0. The first kappa shape index (κ1) is 9.52. The maximum Gasteiger partial charge on any atom is 0.0662 e. The quantitative estimate of drug-likeness (QED) is 0.713.